The van der Waals surface area contributed by atoms with Crippen molar-refractivity contribution in [3.05, 3.63) is 0 Å². The molecule has 0 amide bonds. The second kappa shape index (κ2) is 4.46. The van der Waals surface area contributed by atoms with Gasteiger partial charge in [0.05, 0.1) is 0 Å². The molecule has 0 rings (SSSR count). The number of carboxylic acid groups (broad SMARTS) is 4. The molecule has 0 aromatic heterocycles. The monoisotopic (exact) mass is 324 g/mol. The Bertz CT molecular complexity index is 386. The predicted molar refractivity (Wildman–Crippen MR) is 58.1 cm³/mol. The van der Waals surface area contributed by atoms with E-state index >= 15 is 0 Å². The number of rotatable bonds is 8. The molecule has 0 unspecified atom stereocenters. The molecular formula is C8H16FeN2O8. The minimum atomic E-state index is -5.77. The second-order valence-corrected chi connectivity index (χ2v) is 13.3. The standard InChI is InChI=1S/4C2H3O2.Fe.2H2N/c4*1-2(3)4;;;/h4*1H2,(H,3,4);;2*1H2/q;;;;+2;2*-1. The summed E-state index contributed by atoms with van der Waals surface area (Å²) in [6.45, 7) is 0. The van der Waals surface area contributed by atoms with Crippen molar-refractivity contribution in [2.75, 3.05) is 0 Å². The molecule has 0 aromatic carbocycles. The third-order valence-electron chi connectivity index (χ3n) is 2.07. The number of hydrogen-bond acceptors (Lipinski definition) is 6. The van der Waals surface area contributed by atoms with Gasteiger partial charge < -0.3 is 0 Å². The quantitative estimate of drug-likeness (QED) is 0.300. The Kier molecular flexibility index (Phi) is 4.06. The summed E-state index contributed by atoms with van der Waals surface area (Å²) in [6.07, 6.45) is 0. The van der Waals surface area contributed by atoms with Crippen molar-refractivity contribution in [3.8, 4) is 0 Å². The van der Waals surface area contributed by atoms with Gasteiger partial charge in [0.1, 0.15) is 0 Å². The number of aliphatic carboxylic acids is 4. The van der Waals surface area contributed by atoms with Crippen molar-refractivity contribution in [2.45, 2.75) is 21.3 Å². The number of carboxylic acids is 4. The van der Waals surface area contributed by atoms with E-state index in [1.54, 1.807) is 0 Å². The molecule has 114 valence electrons. The van der Waals surface area contributed by atoms with Gasteiger partial charge in [0, 0.05) is 0 Å². The molecule has 0 heterocycles. The van der Waals surface area contributed by atoms with Gasteiger partial charge in [-0.3, -0.25) is 0 Å². The van der Waals surface area contributed by atoms with Crippen LogP contribution in [-0.2, 0) is 30.3 Å². The maximum atomic E-state index is 10.9. The van der Waals surface area contributed by atoms with Gasteiger partial charge in [-0.2, -0.15) is 0 Å². The zero-order valence-electron chi connectivity index (χ0n) is 9.76. The average molecular weight is 324 g/mol. The molecule has 0 spiro atoms. The molecule has 0 atom stereocenters. The maximum absolute atomic E-state index is 10.9. The average Bonchev–Trinajstić information content (AvgIpc) is 1.90. The van der Waals surface area contributed by atoms with Crippen LogP contribution in [0.5, 0.6) is 0 Å². The van der Waals surface area contributed by atoms with E-state index in [0.29, 0.717) is 0 Å². The van der Waals surface area contributed by atoms with E-state index in [4.69, 9.17) is 29.9 Å². The zero-order valence-corrected chi connectivity index (χ0v) is 10.9. The van der Waals surface area contributed by atoms with Crippen LogP contribution in [0, 0.1) is 0 Å². The summed E-state index contributed by atoms with van der Waals surface area (Å²) in [5, 5.41) is 30.5. The van der Waals surface area contributed by atoms with E-state index in [9.17, 15) is 19.2 Å². The molecular weight excluding hydrogens is 308 g/mol. The van der Waals surface area contributed by atoms with Gasteiger partial charge in [0.2, 0.25) is 0 Å². The van der Waals surface area contributed by atoms with E-state index in [1.165, 1.54) is 0 Å². The zero-order chi connectivity index (χ0) is 15.5. The Morgan fingerprint density at radius 2 is 0.789 bits per heavy atom. The number of hydrogen-bond donors (Lipinski definition) is 6. The normalized spacial score (nSPS) is 15.1. The van der Waals surface area contributed by atoms with Crippen LogP contribution in [0.4, 0.5) is 0 Å². The molecule has 0 aliphatic heterocycles. The first-order valence-electron chi connectivity index (χ1n) is 4.53. The number of carbonyl (C=O) groups is 4. The van der Waals surface area contributed by atoms with Gasteiger partial charge in [-0.1, -0.05) is 0 Å². The molecule has 0 bridgehead atoms. The van der Waals surface area contributed by atoms with E-state index in [0.717, 1.165) is 0 Å². The third kappa shape index (κ3) is 4.83. The predicted octanol–water partition coefficient (Wildman–Crippen LogP) is -1.03. The molecule has 19 heavy (non-hydrogen) atoms. The SMILES string of the molecule is [NH2][Fe]([NH2])([CH2]C(=O)O)([CH2]C(=O)O)([CH2]C(=O)O)[CH2]C(=O)O. The van der Waals surface area contributed by atoms with Gasteiger partial charge in [-0.15, -0.1) is 0 Å². The van der Waals surface area contributed by atoms with Crippen LogP contribution in [0.1, 0.15) is 0 Å². The Balaban J connectivity index is 6.11. The van der Waals surface area contributed by atoms with Crippen LogP contribution in [0.2, 0.25) is 21.3 Å². The van der Waals surface area contributed by atoms with Crippen LogP contribution in [0.25, 0.3) is 0 Å². The molecule has 0 aromatic rings. The van der Waals surface area contributed by atoms with Crippen molar-refractivity contribution in [3.63, 3.8) is 0 Å². The van der Waals surface area contributed by atoms with Gasteiger partial charge >= 0.3 is 105 Å². The molecule has 0 saturated carbocycles. The van der Waals surface area contributed by atoms with Crippen LogP contribution < -0.4 is 9.50 Å². The Labute approximate surface area is 106 Å². The van der Waals surface area contributed by atoms with E-state index in [2.05, 4.69) is 0 Å². The second-order valence-electron chi connectivity index (χ2n) is 4.41. The van der Waals surface area contributed by atoms with Crippen LogP contribution in [-0.4, -0.2) is 44.3 Å². The molecule has 0 aliphatic carbocycles. The Morgan fingerprint density at radius 1 is 0.632 bits per heavy atom. The van der Waals surface area contributed by atoms with E-state index in [1.807, 2.05) is 0 Å². The molecule has 8 N–H and O–H groups in total. The fraction of sp³-hybridized carbons (Fsp3) is 0.500. The van der Waals surface area contributed by atoms with Crippen molar-refractivity contribution in [2.24, 2.45) is 9.50 Å². The topological polar surface area (TPSA) is 201 Å². The molecule has 10 nitrogen and oxygen atoms in total. The minimum absolute atomic E-state index is 1.19. The summed E-state index contributed by atoms with van der Waals surface area (Å²) in [5.74, 6) is -6.58. The first-order valence-corrected chi connectivity index (χ1v) is 8.93. The third-order valence-corrected chi connectivity index (χ3v) is 8.52. The summed E-state index contributed by atoms with van der Waals surface area (Å²) in [6, 6.07) is 0. The molecule has 0 radical (unpaired) electrons. The van der Waals surface area contributed by atoms with Gasteiger partial charge in [-0.25, -0.2) is 0 Å². The van der Waals surface area contributed by atoms with Gasteiger partial charge in [-0.05, 0) is 0 Å². The Morgan fingerprint density at radius 3 is 0.895 bits per heavy atom. The van der Waals surface area contributed by atoms with E-state index < -0.39 is 56.3 Å². The fourth-order valence-corrected chi connectivity index (χ4v) is 6.87. The first-order chi connectivity index (χ1) is 8.22. The summed E-state index contributed by atoms with van der Waals surface area (Å²) in [7, 11) is 0. The summed E-state index contributed by atoms with van der Waals surface area (Å²) >= 11 is -5.77. The van der Waals surface area contributed by atoms with Crippen LogP contribution >= 0.6 is 0 Å². The molecule has 0 aliphatic rings. The summed E-state index contributed by atoms with van der Waals surface area (Å²) in [4.78, 5) is 43.5. The van der Waals surface area contributed by atoms with Crippen molar-refractivity contribution in [1.82, 2.24) is 0 Å². The fourth-order valence-electron chi connectivity index (χ4n) is 1.67. The van der Waals surface area contributed by atoms with Crippen molar-refractivity contribution >= 4 is 23.9 Å². The molecule has 11 heteroatoms. The van der Waals surface area contributed by atoms with Crippen LogP contribution in [0.15, 0.2) is 0 Å². The summed E-state index contributed by atoms with van der Waals surface area (Å²) < 4.78 is 11.5. The van der Waals surface area contributed by atoms with Crippen molar-refractivity contribution < 1.29 is 50.8 Å². The summed E-state index contributed by atoms with van der Waals surface area (Å²) in [5.41, 5.74) is 0. The van der Waals surface area contributed by atoms with E-state index in [-0.39, 0.29) is 0 Å². The molecule has 0 saturated heterocycles. The van der Waals surface area contributed by atoms with Crippen LogP contribution in [0.3, 0.4) is 0 Å². The number of nitrogens with two attached hydrogens (primary N) is 2. The van der Waals surface area contributed by atoms with Gasteiger partial charge in [0.15, 0.2) is 0 Å². The Hall–Kier alpha value is -1.68. The van der Waals surface area contributed by atoms with Crippen molar-refractivity contribution in [1.29, 1.82) is 0 Å². The molecule has 0 fully saturated rings. The van der Waals surface area contributed by atoms with Gasteiger partial charge in [0.25, 0.3) is 0 Å². The first kappa shape index (κ1) is 17.3.